The van der Waals surface area contributed by atoms with E-state index in [-0.39, 0.29) is 12.5 Å². The van der Waals surface area contributed by atoms with Crippen LogP contribution in [0.2, 0.25) is 0 Å². The summed E-state index contributed by atoms with van der Waals surface area (Å²) in [5.41, 5.74) is 0.887. The summed E-state index contributed by atoms with van der Waals surface area (Å²) in [5.74, 6) is -0.0843. The molecule has 0 bridgehead atoms. The zero-order chi connectivity index (χ0) is 12.3. The molecule has 0 aliphatic rings. The van der Waals surface area contributed by atoms with E-state index < -0.39 is 5.97 Å². The Labute approximate surface area is 103 Å². The molecule has 0 saturated heterocycles. The predicted molar refractivity (Wildman–Crippen MR) is 67.4 cm³/mol. The Bertz CT molecular complexity index is 526. The minimum atomic E-state index is -0.805. The maximum Gasteiger partial charge on any atom is 0.305 e. The van der Waals surface area contributed by atoms with Crippen molar-refractivity contribution < 1.29 is 9.90 Å². The van der Waals surface area contributed by atoms with Gasteiger partial charge in [-0.3, -0.25) is 4.79 Å². The Morgan fingerprint density at radius 1 is 1.59 bits per heavy atom. The van der Waals surface area contributed by atoms with Gasteiger partial charge in [-0.2, -0.15) is 0 Å². The van der Waals surface area contributed by atoms with E-state index in [9.17, 15) is 4.79 Å². The molecule has 17 heavy (non-hydrogen) atoms. The topological polar surface area (TPSA) is 75.1 Å². The molecule has 6 heteroatoms. The molecule has 2 N–H and O–H groups in total. The SMILES string of the molecule is CCC(CC(=O)O)Nc1ncnc2ccsc12. The fourth-order valence-electron chi connectivity index (χ4n) is 1.59. The minimum absolute atomic E-state index is 0.0906. The van der Waals surface area contributed by atoms with Gasteiger partial charge in [0, 0.05) is 6.04 Å². The van der Waals surface area contributed by atoms with Gasteiger partial charge in [-0.15, -0.1) is 11.3 Å². The zero-order valence-corrected chi connectivity index (χ0v) is 10.2. The van der Waals surface area contributed by atoms with Crippen molar-refractivity contribution in [3.05, 3.63) is 17.8 Å². The van der Waals surface area contributed by atoms with Crippen molar-refractivity contribution in [2.24, 2.45) is 0 Å². The number of thiophene rings is 1. The molecule has 1 atom stereocenters. The lowest BCUT2D eigenvalue weighted by molar-refractivity contribution is -0.137. The molecule has 0 aliphatic carbocycles. The van der Waals surface area contributed by atoms with Crippen molar-refractivity contribution in [3.63, 3.8) is 0 Å². The first kappa shape index (κ1) is 11.8. The van der Waals surface area contributed by atoms with Crippen LogP contribution in [-0.4, -0.2) is 27.1 Å². The molecule has 0 saturated carbocycles. The summed E-state index contributed by atoms with van der Waals surface area (Å²) in [7, 11) is 0. The van der Waals surface area contributed by atoms with Gasteiger partial charge in [-0.05, 0) is 17.9 Å². The normalized spacial score (nSPS) is 12.5. The number of carboxylic acid groups (broad SMARTS) is 1. The molecule has 2 heterocycles. The monoisotopic (exact) mass is 251 g/mol. The van der Waals surface area contributed by atoms with E-state index in [0.717, 1.165) is 22.5 Å². The lowest BCUT2D eigenvalue weighted by atomic mass is 10.1. The first-order chi connectivity index (χ1) is 8.20. The molecule has 90 valence electrons. The van der Waals surface area contributed by atoms with E-state index in [0.29, 0.717) is 0 Å². The fraction of sp³-hybridized carbons (Fsp3) is 0.364. The Morgan fingerprint density at radius 3 is 3.12 bits per heavy atom. The first-order valence-corrected chi connectivity index (χ1v) is 6.25. The number of carboxylic acids is 1. The van der Waals surface area contributed by atoms with E-state index in [1.807, 2.05) is 18.4 Å². The number of rotatable bonds is 5. The summed E-state index contributed by atoms with van der Waals surface area (Å²) >= 11 is 1.55. The second-order valence-electron chi connectivity index (χ2n) is 3.70. The largest absolute Gasteiger partial charge is 0.481 e. The van der Waals surface area contributed by atoms with Gasteiger partial charge in [0.15, 0.2) is 0 Å². The smallest absolute Gasteiger partial charge is 0.305 e. The van der Waals surface area contributed by atoms with E-state index in [4.69, 9.17) is 5.11 Å². The van der Waals surface area contributed by atoms with E-state index in [2.05, 4.69) is 15.3 Å². The number of nitrogens with one attached hydrogen (secondary N) is 1. The van der Waals surface area contributed by atoms with Gasteiger partial charge < -0.3 is 10.4 Å². The molecule has 5 nitrogen and oxygen atoms in total. The molecule has 2 aromatic heterocycles. The van der Waals surface area contributed by atoms with Crippen molar-refractivity contribution in [1.82, 2.24) is 9.97 Å². The number of fused-ring (bicyclic) bond motifs is 1. The molecule has 0 aromatic carbocycles. The van der Waals surface area contributed by atoms with Crippen LogP contribution in [0, 0.1) is 0 Å². The molecule has 0 radical (unpaired) electrons. The van der Waals surface area contributed by atoms with Crippen molar-refractivity contribution in [1.29, 1.82) is 0 Å². The summed E-state index contributed by atoms with van der Waals surface area (Å²) in [4.78, 5) is 19.0. The highest BCUT2D eigenvalue weighted by atomic mass is 32.1. The molecule has 1 unspecified atom stereocenters. The lowest BCUT2D eigenvalue weighted by Crippen LogP contribution is -2.22. The highest BCUT2D eigenvalue weighted by Crippen LogP contribution is 2.25. The van der Waals surface area contributed by atoms with Crippen LogP contribution in [0.15, 0.2) is 17.8 Å². The minimum Gasteiger partial charge on any atom is -0.481 e. The predicted octanol–water partition coefficient (Wildman–Crippen LogP) is 2.36. The average molecular weight is 251 g/mol. The third-order valence-corrected chi connectivity index (χ3v) is 3.41. The van der Waals surface area contributed by atoms with Crippen molar-refractivity contribution in [3.8, 4) is 0 Å². The van der Waals surface area contributed by atoms with Crippen LogP contribution in [-0.2, 0) is 4.79 Å². The maximum absolute atomic E-state index is 10.7. The van der Waals surface area contributed by atoms with Crippen molar-refractivity contribution in [2.75, 3.05) is 5.32 Å². The molecule has 0 spiro atoms. The summed E-state index contributed by atoms with van der Waals surface area (Å²) in [6, 6.07) is 1.82. The first-order valence-electron chi connectivity index (χ1n) is 5.37. The van der Waals surface area contributed by atoms with Gasteiger partial charge in [0.1, 0.15) is 12.1 Å². The quantitative estimate of drug-likeness (QED) is 0.853. The Morgan fingerprint density at radius 2 is 2.41 bits per heavy atom. The number of nitrogens with zero attached hydrogens (tertiary/aromatic N) is 2. The second-order valence-corrected chi connectivity index (χ2v) is 4.62. The van der Waals surface area contributed by atoms with E-state index in [1.165, 1.54) is 6.33 Å². The molecular formula is C11H13N3O2S. The highest BCUT2D eigenvalue weighted by molar-refractivity contribution is 7.17. The summed E-state index contributed by atoms with van der Waals surface area (Å²) in [6.07, 6.45) is 2.32. The third kappa shape index (κ3) is 2.71. The Balaban J connectivity index is 2.21. The van der Waals surface area contributed by atoms with E-state index in [1.54, 1.807) is 11.3 Å². The number of aromatic nitrogens is 2. The van der Waals surface area contributed by atoms with Gasteiger partial charge in [-0.1, -0.05) is 6.92 Å². The number of hydrogen-bond donors (Lipinski definition) is 2. The summed E-state index contributed by atoms with van der Waals surface area (Å²) < 4.78 is 0.969. The molecule has 2 rings (SSSR count). The molecule has 0 amide bonds. The number of carbonyl (C=O) groups is 1. The van der Waals surface area contributed by atoms with Gasteiger partial charge in [-0.25, -0.2) is 9.97 Å². The van der Waals surface area contributed by atoms with Crippen LogP contribution in [0.25, 0.3) is 10.2 Å². The van der Waals surface area contributed by atoms with Crippen LogP contribution in [0.4, 0.5) is 5.82 Å². The van der Waals surface area contributed by atoms with Crippen LogP contribution in [0.1, 0.15) is 19.8 Å². The molecule has 2 aromatic rings. The van der Waals surface area contributed by atoms with Crippen molar-refractivity contribution >= 4 is 33.3 Å². The Hall–Kier alpha value is -1.69. The number of aliphatic carboxylic acids is 1. The maximum atomic E-state index is 10.7. The van der Waals surface area contributed by atoms with E-state index >= 15 is 0 Å². The lowest BCUT2D eigenvalue weighted by Gasteiger charge is -2.15. The van der Waals surface area contributed by atoms with Gasteiger partial charge in [0.2, 0.25) is 0 Å². The van der Waals surface area contributed by atoms with Gasteiger partial charge in [0.25, 0.3) is 0 Å². The standard InChI is InChI=1S/C11H13N3O2S/c1-2-7(5-9(15)16)14-11-10-8(3-4-17-10)12-6-13-11/h3-4,6-7H,2,5H2,1H3,(H,15,16)(H,12,13,14). The molecular weight excluding hydrogens is 238 g/mol. The van der Waals surface area contributed by atoms with Crippen molar-refractivity contribution in [2.45, 2.75) is 25.8 Å². The fourth-order valence-corrected chi connectivity index (χ4v) is 2.39. The summed E-state index contributed by atoms with van der Waals surface area (Å²) in [6.45, 7) is 1.95. The van der Waals surface area contributed by atoms with Crippen LogP contribution >= 0.6 is 11.3 Å². The van der Waals surface area contributed by atoms with Crippen LogP contribution < -0.4 is 5.32 Å². The highest BCUT2D eigenvalue weighted by Gasteiger charge is 2.13. The second kappa shape index (κ2) is 5.09. The van der Waals surface area contributed by atoms with Gasteiger partial charge in [0.05, 0.1) is 16.6 Å². The molecule has 0 aliphatic heterocycles. The number of hydrogen-bond acceptors (Lipinski definition) is 5. The van der Waals surface area contributed by atoms with Gasteiger partial charge >= 0.3 is 5.97 Å². The van der Waals surface area contributed by atoms with Crippen LogP contribution in [0.5, 0.6) is 0 Å². The molecule has 0 fully saturated rings. The third-order valence-electron chi connectivity index (χ3n) is 2.50. The summed E-state index contributed by atoms with van der Waals surface area (Å²) in [5, 5.41) is 13.9. The Kier molecular flexibility index (Phi) is 3.53. The van der Waals surface area contributed by atoms with Crippen LogP contribution in [0.3, 0.4) is 0 Å². The zero-order valence-electron chi connectivity index (χ0n) is 9.38. The average Bonchev–Trinajstić information content (AvgIpc) is 2.76. The number of anilines is 1.